The summed E-state index contributed by atoms with van der Waals surface area (Å²) in [6.45, 7) is 3.92. The van der Waals surface area contributed by atoms with Crippen molar-refractivity contribution in [2.75, 3.05) is 10.6 Å². The second-order valence-electron chi connectivity index (χ2n) is 9.46. The van der Waals surface area contributed by atoms with Gasteiger partial charge in [-0.15, -0.1) is 0 Å². The Morgan fingerprint density at radius 2 is 1.51 bits per heavy atom. The summed E-state index contributed by atoms with van der Waals surface area (Å²) in [5.74, 6) is -0.0443. The summed E-state index contributed by atoms with van der Waals surface area (Å²) in [6.07, 6.45) is 2.19. The number of benzene rings is 3. The van der Waals surface area contributed by atoms with Crippen molar-refractivity contribution in [1.29, 1.82) is 10.5 Å². The maximum atomic E-state index is 14.3. The molecule has 0 radical (unpaired) electrons. The van der Waals surface area contributed by atoms with Crippen LogP contribution < -0.4 is 10.6 Å². The van der Waals surface area contributed by atoms with Gasteiger partial charge in [-0.25, -0.2) is 4.98 Å². The number of thioether (sulfide) groups is 1. The van der Waals surface area contributed by atoms with Crippen molar-refractivity contribution in [2.45, 2.75) is 43.4 Å². The van der Waals surface area contributed by atoms with E-state index >= 15 is 0 Å². The Kier molecular flexibility index (Phi) is 7.36. The first kappa shape index (κ1) is 26.0. The normalized spacial score (nSPS) is 12.9. The minimum Gasteiger partial charge on any atom is -0.383 e. The molecule has 6 nitrogen and oxygen atoms in total. The fourth-order valence-corrected chi connectivity index (χ4v) is 6.06. The molecule has 1 unspecified atom stereocenters. The maximum Gasteiger partial charge on any atom is 0.245 e. The van der Waals surface area contributed by atoms with E-state index < -0.39 is 5.25 Å². The molecule has 1 atom stereocenters. The maximum absolute atomic E-state index is 14.3. The average molecular weight is 530 g/mol. The molecule has 39 heavy (non-hydrogen) atoms. The van der Waals surface area contributed by atoms with Gasteiger partial charge in [0.05, 0.1) is 22.2 Å². The van der Waals surface area contributed by atoms with Crippen molar-refractivity contribution in [3.05, 3.63) is 101 Å². The van der Waals surface area contributed by atoms with Gasteiger partial charge in [0.2, 0.25) is 5.91 Å². The van der Waals surface area contributed by atoms with Crippen LogP contribution in [0.1, 0.15) is 41.2 Å². The summed E-state index contributed by atoms with van der Waals surface area (Å²) in [4.78, 5) is 20.6. The van der Waals surface area contributed by atoms with Gasteiger partial charge in [-0.2, -0.15) is 10.5 Å². The number of carbonyl (C=O) groups excluding carboxylic acids is 1. The number of hydrogen-bond acceptors (Lipinski definition) is 6. The van der Waals surface area contributed by atoms with E-state index in [1.807, 2.05) is 79.4 Å². The van der Waals surface area contributed by atoms with E-state index in [9.17, 15) is 15.3 Å². The largest absolute Gasteiger partial charge is 0.383 e. The molecule has 192 valence electrons. The van der Waals surface area contributed by atoms with Crippen LogP contribution in [0.15, 0.2) is 77.8 Å². The summed E-state index contributed by atoms with van der Waals surface area (Å²) < 4.78 is 0. The fraction of sp³-hybridized carbons (Fsp3) is 0.188. The Balaban J connectivity index is 1.61. The topological polar surface area (TPSA) is 107 Å². The quantitative estimate of drug-likeness (QED) is 0.288. The Labute approximate surface area is 232 Å². The van der Waals surface area contributed by atoms with Gasteiger partial charge in [0, 0.05) is 5.56 Å². The second kappa shape index (κ2) is 11.0. The molecular formula is C32H27N5OS. The minimum absolute atomic E-state index is 0.0438. The number of nitrogen functional groups attached to an aromatic ring is 1. The molecule has 0 saturated carbocycles. The van der Waals surface area contributed by atoms with E-state index in [4.69, 9.17) is 5.73 Å². The van der Waals surface area contributed by atoms with Crippen LogP contribution in [-0.2, 0) is 17.6 Å². The number of nitriles is 2. The molecule has 0 fully saturated rings. The molecule has 1 aromatic heterocycles. The van der Waals surface area contributed by atoms with Crippen LogP contribution in [0, 0.1) is 29.6 Å². The highest BCUT2D eigenvalue weighted by Crippen LogP contribution is 2.41. The predicted octanol–water partition coefficient (Wildman–Crippen LogP) is 6.72. The summed E-state index contributed by atoms with van der Waals surface area (Å²) in [6, 6.07) is 28.0. The number of pyridine rings is 1. The first-order valence-corrected chi connectivity index (χ1v) is 13.7. The molecule has 1 amide bonds. The van der Waals surface area contributed by atoms with Gasteiger partial charge in [-0.1, -0.05) is 84.9 Å². The summed E-state index contributed by atoms with van der Waals surface area (Å²) in [7, 11) is 0. The summed E-state index contributed by atoms with van der Waals surface area (Å²) in [5, 5.41) is 19.9. The highest BCUT2D eigenvalue weighted by Gasteiger charge is 2.32. The molecule has 5 rings (SSSR count). The molecule has 1 aliphatic heterocycles. The third-order valence-electron chi connectivity index (χ3n) is 7.01. The van der Waals surface area contributed by atoms with E-state index in [-0.39, 0.29) is 22.9 Å². The SMILES string of the molecule is CCC(Sc1nc(N)c(C#N)c(-c2ccc(C)cc2)c1C#N)C(=O)N1c2ccccc2CCc2ccccc21. The van der Waals surface area contributed by atoms with Crippen LogP contribution in [0.25, 0.3) is 11.1 Å². The van der Waals surface area contributed by atoms with Crippen molar-refractivity contribution >= 4 is 34.9 Å². The summed E-state index contributed by atoms with van der Waals surface area (Å²) >= 11 is 1.23. The number of anilines is 3. The van der Waals surface area contributed by atoms with Gasteiger partial charge in [0.25, 0.3) is 0 Å². The lowest BCUT2D eigenvalue weighted by atomic mass is 9.96. The van der Waals surface area contributed by atoms with Crippen LogP contribution in [0.4, 0.5) is 17.2 Å². The lowest BCUT2D eigenvalue weighted by Gasteiger charge is -2.28. The molecule has 3 aromatic carbocycles. The Bertz CT molecular complexity index is 1600. The van der Waals surface area contributed by atoms with Gasteiger partial charge in [0.15, 0.2) is 0 Å². The van der Waals surface area contributed by atoms with Crippen LogP contribution in [0.5, 0.6) is 0 Å². The van der Waals surface area contributed by atoms with Gasteiger partial charge < -0.3 is 5.73 Å². The Morgan fingerprint density at radius 1 is 0.949 bits per heavy atom. The number of fused-ring (bicyclic) bond motifs is 2. The average Bonchev–Trinajstić information content (AvgIpc) is 3.12. The van der Waals surface area contributed by atoms with E-state index in [1.165, 1.54) is 11.8 Å². The molecule has 0 saturated heterocycles. The number of rotatable bonds is 5. The van der Waals surface area contributed by atoms with Gasteiger partial charge in [0.1, 0.15) is 28.5 Å². The molecular weight excluding hydrogens is 502 g/mol. The van der Waals surface area contributed by atoms with Crippen LogP contribution >= 0.6 is 11.8 Å². The number of carbonyl (C=O) groups is 1. The molecule has 7 heteroatoms. The highest BCUT2D eigenvalue weighted by molar-refractivity contribution is 8.00. The van der Waals surface area contributed by atoms with Crippen LogP contribution in [-0.4, -0.2) is 16.1 Å². The number of amides is 1. The van der Waals surface area contributed by atoms with E-state index in [2.05, 4.69) is 29.3 Å². The molecule has 0 spiro atoms. The first-order chi connectivity index (χ1) is 19.0. The molecule has 2 N–H and O–H groups in total. The zero-order valence-corrected chi connectivity index (χ0v) is 22.6. The minimum atomic E-state index is -0.540. The van der Waals surface area contributed by atoms with Crippen LogP contribution in [0.3, 0.4) is 0 Å². The van der Waals surface area contributed by atoms with Crippen molar-refractivity contribution in [3.8, 4) is 23.3 Å². The highest BCUT2D eigenvalue weighted by atomic mass is 32.2. The third kappa shape index (κ3) is 4.85. The van der Waals surface area contributed by atoms with Gasteiger partial charge >= 0.3 is 0 Å². The smallest absolute Gasteiger partial charge is 0.245 e. The number of para-hydroxylation sites is 2. The molecule has 4 aromatic rings. The lowest BCUT2D eigenvalue weighted by Crippen LogP contribution is -2.34. The van der Waals surface area contributed by atoms with Crippen LogP contribution in [0.2, 0.25) is 0 Å². The lowest BCUT2D eigenvalue weighted by molar-refractivity contribution is -0.117. The van der Waals surface area contributed by atoms with Crippen molar-refractivity contribution in [3.63, 3.8) is 0 Å². The number of nitrogens with two attached hydrogens (primary N) is 1. The summed E-state index contributed by atoms with van der Waals surface area (Å²) in [5.41, 5.74) is 12.9. The van der Waals surface area contributed by atoms with Gasteiger partial charge in [-0.05, 0) is 55.0 Å². The monoisotopic (exact) mass is 529 g/mol. The number of aryl methyl sites for hydroxylation is 3. The molecule has 0 bridgehead atoms. The second-order valence-corrected chi connectivity index (χ2v) is 10.7. The fourth-order valence-electron chi connectivity index (χ4n) is 5.00. The molecule has 1 aliphatic rings. The van der Waals surface area contributed by atoms with E-state index in [1.54, 1.807) is 0 Å². The Hall–Kier alpha value is -4.59. The standard InChI is InChI=1S/C32H27N5OS/c1-3-28(32(38)37-26-10-6-4-8-21(26)16-17-22-9-5-7-11-27(22)37)39-31-25(19-34)29(24(18-33)30(35)36-31)23-14-12-20(2)13-15-23/h4-15,28H,3,16-17H2,1-2H3,(H2,35,36). The zero-order chi connectivity index (χ0) is 27.5. The Morgan fingerprint density at radius 3 is 2.05 bits per heavy atom. The van der Waals surface area contributed by atoms with Crippen molar-refractivity contribution < 1.29 is 4.79 Å². The van der Waals surface area contributed by atoms with E-state index in [0.717, 1.165) is 40.9 Å². The number of hydrogen-bond donors (Lipinski definition) is 1. The number of nitrogens with zero attached hydrogens (tertiary/aromatic N) is 4. The third-order valence-corrected chi connectivity index (χ3v) is 8.34. The molecule has 2 heterocycles. The predicted molar refractivity (Wildman–Crippen MR) is 156 cm³/mol. The van der Waals surface area contributed by atoms with Gasteiger partial charge in [-0.3, -0.25) is 9.69 Å². The number of aromatic nitrogens is 1. The first-order valence-electron chi connectivity index (χ1n) is 12.8. The zero-order valence-electron chi connectivity index (χ0n) is 21.8. The van der Waals surface area contributed by atoms with E-state index in [0.29, 0.717) is 22.6 Å². The van der Waals surface area contributed by atoms with Crippen molar-refractivity contribution in [2.24, 2.45) is 0 Å². The molecule has 0 aliphatic carbocycles. The van der Waals surface area contributed by atoms with Crippen molar-refractivity contribution in [1.82, 2.24) is 4.98 Å².